The van der Waals surface area contributed by atoms with E-state index in [1.807, 2.05) is 89.6 Å². The number of nitrogens with zero attached hydrogens (tertiary/aromatic N) is 3. The van der Waals surface area contributed by atoms with Crippen LogP contribution in [0.3, 0.4) is 0 Å². The Hall–Kier alpha value is -4.13. The maximum Gasteiger partial charge on any atom is 0.303 e. The van der Waals surface area contributed by atoms with Crippen molar-refractivity contribution in [3.63, 3.8) is 0 Å². The van der Waals surface area contributed by atoms with Gasteiger partial charge in [-0.1, -0.05) is 53.7 Å². The molecule has 2 heterocycles. The van der Waals surface area contributed by atoms with Gasteiger partial charge in [0.2, 0.25) is 0 Å². The third-order valence-electron chi connectivity index (χ3n) is 4.81. The monoisotopic (exact) mass is 429 g/mol. The van der Waals surface area contributed by atoms with Crippen molar-refractivity contribution in [3.05, 3.63) is 102 Å². The summed E-state index contributed by atoms with van der Waals surface area (Å²) in [5, 5.41) is 13.2. The zero-order valence-corrected chi connectivity index (χ0v) is 17.4. The standard InChI is InChI=1S/C25H23N3O4/c29-25(30)14-13-23(20-6-2-1-3-7-20)27-32-17-19-9-11-22(12-10-19)31-18-21-16-28-15-5-4-8-24(28)26-21/h1-12,15-16H,13-14,17-18H2,(H,29,30). The van der Waals surface area contributed by atoms with Crippen molar-refractivity contribution in [1.82, 2.24) is 9.38 Å². The second-order valence-electron chi connectivity index (χ2n) is 7.20. The maximum absolute atomic E-state index is 10.9. The molecule has 32 heavy (non-hydrogen) atoms. The van der Waals surface area contributed by atoms with Crippen LogP contribution in [-0.2, 0) is 22.8 Å². The van der Waals surface area contributed by atoms with Crippen LogP contribution in [-0.4, -0.2) is 26.2 Å². The molecule has 7 heteroatoms. The number of carboxylic acids is 1. The van der Waals surface area contributed by atoms with E-state index in [0.29, 0.717) is 18.7 Å². The molecule has 1 N–H and O–H groups in total. The molecule has 0 saturated heterocycles. The first kappa shape index (κ1) is 21.1. The predicted octanol–water partition coefficient (Wildman–Crippen LogP) is 4.70. The summed E-state index contributed by atoms with van der Waals surface area (Å²) < 4.78 is 7.79. The number of rotatable bonds is 10. The average Bonchev–Trinajstić information content (AvgIpc) is 3.24. The van der Waals surface area contributed by atoms with E-state index in [0.717, 1.165) is 28.2 Å². The van der Waals surface area contributed by atoms with Crippen LogP contribution in [0.5, 0.6) is 5.75 Å². The molecular weight excluding hydrogens is 406 g/mol. The number of fused-ring (bicyclic) bond motifs is 1. The summed E-state index contributed by atoms with van der Waals surface area (Å²) in [6.45, 7) is 0.655. The van der Waals surface area contributed by atoms with Gasteiger partial charge < -0.3 is 19.1 Å². The molecule has 2 aromatic heterocycles. The molecule has 0 spiro atoms. The Labute approximate surface area is 185 Å². The summed E-state index contributed by atoms with van der Waals surface area (Å²) in [7, 11) is 0. The Morgan fingerprint density at radius 1 is 0.938 bits per heavy atom. The summed E-state index contributed by atoms with van der Waals surface area (Å²) in [6, 6.07) is 22.9. The van der Waals surface area contributed by atoms with Crippen LogP contribution in [0.1, 0.15) is 29.7 Å². The van der Waals surface area contributed by atoms with Crippen LogP contribution in [0, 0.1) is 0 Å². The van der Waals surface area contributed by atoms with E-state index < -0.39 is 5.97 Å². The van der Waals surface area contributed by atoms with E-state index in [2.05, 4.69) is 10.1 Å². The Bertz CT molecular complexity index is 1170. The highest BCUT2D eigenvalue weighted by Gasteiger charge is 2.08. The number of imidazole rings is 1. The lowest BCUT2D eigenvalue weighted by molar-refractivity contribution is -0.136. The highest BCUT2D eigenvalue weighted by atomic mass is 16.6. The second-order valence-corrected chi connectivity index (χ2v) is 7.20. The minimum Gasteiger partial charge on any atom is -0.487 e. The third-order valence-corrected chi connectivity index (χ3v) is 4.81. The largest absolute Gasteiger partial charge is 0.487 e. The van der Waals surface area contributed by atoms with Crippen molar-refractivity contribution >= 4 is 17.3 Å². The fourth-order valence-electron chi connectivity index (χ4n) is 3.18. The van der Waals surface area contributed by atoms with Crippen LogP contribution in [0.15, 0.2) is 90.3 Å². The lowest BCUT2D eigenvalue weighted by Crippen LogP contribution is -2.06. The number of oxime groups is 1. The third kappa shape index (κ3) is 5.72. The van der Waals surface area contributed by atoms with Gasteiger partial charge in [0.25, 0.3) is 0 Å². The molecule has 0 radical (unpaired) electrons. The number of hydrogen-bond acceptors (Lipinski definition) is 5. The van der Waals surface area contributed by atoms with Gasteiger partial charge in [-0.2, -0.15) is 0 Å². The van der Waals surface area contributed by atoms with Crippen LogP contribution in [0.25, 0.3) is 5.65 Å². The van der Waals surface area contributed by atoms with Crippen LogP contribution in [0.2, 0.25) is 0 Å². The number of aromatic nitrogens is 2. The zero-order chi connectivity index (χ0) is 22.2. The lowest BCUT2D eigenvalue weighted by Gasteiger charge is -2.07. The quantitative estimate of drug-likeness (QED) is 0.292. The SMILES string of the molecule is O=C(O)CCC(=NOCc1ccc(OCc2cn3ccccc3n2)cc1)c1ccccc1. The van der Waals surface area contributed by atoms with Crippen molar-refractivity contribution in [2.24, 2.45) is 5.16 Å². The van der Waals surface area contributed by atoms with Gasteiger partial charge in [-0.3, -0.25) is 4.79 Å². The molecule has 0 bridgehead atoms. The van der Waals surface area contributed by atoms with E-state index in [9.17, 15) is 4.79 Å². The van der Waals surface area contributed by atoms with Gasteiger partial charge >= 0.3 is 5.97 Å². The van der Waals surface area contributed by atoms with Gasteiger partial charge in [0.05, 0.1) is 17.8 Å². The Kier molecular flexibility index (Phi) is 6.77. The Morgan fingerprint density at radius 3 is 2.47 bits per heavy atom. The summed E-state index contributed by atoms with van der Waals surface area (Å²) in [5.74, 6) is -0.131. The van der Waals surface area contributed by atoms with Crippen molar-refractivity contribution in [3.8, 4) is 5.75 Å². The normalized spacial score (nSPS) is 11.4. The van der Waals surface area contributed by atoms with Gasteiger partial charge in [0.1, 0.15) is 24.6 Å². The predicted molar refractivity (Wildman–Crippen MR) is 121 cm³/mol. The molecule has 0 fully saturated rings. The highest BCUT2D eigenvalue weighted by molar-refractivity contribution is 6.01. The average molecular weight is 429 g/mol. The number of benzene rings is 2. The van der Waals surface area contributed by atoms with Gasteiger partial charge in [-0.05, 0) is 35.4 Å². The molecule has 0 atom stereocenters. The number of hydrogen-bond donors (Lipinski definition) is 1. The molecule has 4 rings (SSSR count). The molecule has 0 saturated carbocycles. The van der Waals surface area contributed by atoms with Crippen LogP contribution < -0.4 is 4.74 Å². The second kappa shape index (κ2) is 10.3. The Morgan fingerprint density at radius 2 is 1.72 bits per heavy atom. The van der Waals surface area contributed by atoms with E-state index in [1.165, 1.54) is 0 Å². The van der Waals surface area contributed by atoms with Gasteiger partial charge in [0.15, 0.2) is 0 Å². The zero-order valence-electron chi connectivity index (χ0n) is 17.4. The Balaban J connectivity index is 1.32. The number of aliphatic carboxylic acids is 1. The minimum atomic E-state index is -0.868. The van der Waals surface area contributed by atoms with Crippen LogP contribution >= 0.6 is 0 Å². The van der Waals surface area contributed by atoms with Gasteiger partial charge in [-0.15, -0.1) is 0 Å². The minimum absolute atomic E-state index is 0.00453. The molecule has 7 nitrogen and oxygen atoms in total. The molecule has 0 aliphatic rings. The number of carboxylic acid groups (broad SMARTS) is 1. The molecule has 0 aliphatic carbocycles. The van der Waals surface area contributed by atoms with Crippen molar-refractivity contribution in [2.45, 2.75) is 26.1 Å². The van der Waals surface area contributed by atoms with Crippen LogP contribution in [0.4, 0.5) is 0 Å². The fraction of sp³-hybridized carbons (Fsp3) is 0.160. The van der Waals surface area contributed by atoms with E-state index in [1.54, 1.807) is 0 Å². The molecule has 0 amide bonds. The lowest BCUT2D eigenvalue weighted by atomic mass is 10.1. The molecule has 4 aromatic rings. The van der Waals surface area contributed by atoms with E-state index >= 15 is 0 Å². The van der Waals surface area contributed by atoms with E-state index in [-0.39, 0.29) is 13.0 Å². The first-order valence-corrected chi connectivity index (χ1v) is 10.3. The molecule has 2 aromatic carbocycles. The maximum atomic E-state index is 10.9. The topological polar surface area (TPSA) is 85.4 Å². The molecule has 0 aliphatic heterocycles. The van der Waals surface area contributed by atoms with Crippen molar-refractivity contribution in [1.29, 1.82) is 0 Å². The number of carbonyl (C=O) groups is 1. The summed E-state index contributed by atoms with van der Waals surface area (Å²) in [4.78, 5) is 21.0. The van der Waals surface area contributed by atoms with Crippen molar-refractivity contribution < 1.29 is 19.5 Å². The fourth-order valence-corrected chi connectivity index (χ4v) is 3.18. The summed E-state index contributed by atoms with van der Waals surface area (Å²) in [6.07, 6.45) is 4.20. The summed E-state index contributed by atoms with van der Waals surface area (Å²) >= 11 is 0. The van der Waals surface area contributed by atoms with Crippen molar-refractivity contribution in [2.75, 3.05) is 0 Å². The van der Waals surface area contributed by atoms with E-state index in [4.69, 9.17) is 14.7 Å². The molecular formula is C25H23N3O4. The van der Waals surface area contributed by atoms with Gasteiger partial charge in [0, 0.05) is 18.8 Å². The first-order chi connectivity index (χ1) is 15.7. The summed E-state index contributed by atoms with van der Waals surface area (Å²) in [5.41, 5.74) is 4.13. The van der Waals surface area contributed by atoms with Gasteiger partial charge in [-0.25, -0.2) is 4.98 Å². The molecule has 0 unspecified atom stereocenters. The molecule has 162 valence electrons. The number of ether oxygens (including phenoxy) is 1. The first-order valence-electron chi connectivity index (χ1n) is 10.3. The highest BCUT2D eigenvalue weighted by Crippen LogP contribution is 2.16. The smallest absolute Gasteiger partial charge is 0.303 e. The number of pyridine rings is 1.